The molecule has 1 aliphatic carbocycles. The zero-order valence-electron chi connectivity index (χ0n) is 33.3. The van der Waals surface area contributed by atoms with Crippen LogP contribution in [-0.2, 0) is 16.2 Å². The predicted octanol–water partition coefficient (Wildman–Crippen LogP) is 15.8. The van der Waals surface area contributed by atoms with E-state index in [1.54, 1.807) is 0 Å². The van der Waals surface area contributed by atoms with Gasteiger partial charge in [-0.2, -0.15) is 0 Å². The molecule has 0 saturated heterocycles. The lowest BCUT2D eigenvalue weighted by atomic mass is 9.74. The van der Waals surface area contributed by atoms with Crippen molar-refractivity contribution in [2.45, 2.75) is 71.6 Å². The fourth-order valence-corrected chi connectivity index (χ4v) is 9.86. The first-order chi connectivity index (χ1) is 26.3. The van der Waals surface area contributed by atoms with Crippen LogP contribution in [-0.4, -0.2) is 0 Å². The van der Waals surface area contributed by atoms with Crippen molar-refractivity contribution in [3.05, 3.63) is 174 Å². The molecule has 272 valence electrons. The summed E-state index contributed by atoms with van der Waals surface area (Å²) in [7, 11) is 0. The summed E-state index contributed by atoms with van der Waals surface area (Å²) in [6.45, 7) is 19.0. The Balaban J connectivity index is 1.32. The second kappa shape index (κ2) is 12.8. The molecule has 0 unspecified atom stereocenters. The van der Waals surface area contributed by atoms with Gasteiger partial charge in [0.25, 0.3) is 0 Å². The quantitative estimate of drug-likeness (QED) is 0.170. The number of rotatable bonds is 5. The first-order valence-corrected chi connectivity index (χ1v) is 20.4. The van der Waals surface area contributed by atoms with E-state index in [4.69, 9.17) is 0 Å². The van der Waals surface area contributed by atoms with Crippen molar-refractivity contribution in [3.63, 3.8) is 0 Å². The summed E-state index contributed by atoms with van der Waals surface area (Å²) in [4.78, 5) is 2.49. The van der Waals surface area contributed by atoms with Gasteiger partial charge in [-0.15, -0.1) is 11.3 Å². The highest BCUT2D eigenvalue weighted by molar-refractivity contribution is 7.25. The smallest absolute Gasteiger partial charge is 0.0540 e. The van der Waals surface area contributed by atoms with Crippen molar-refractivity contribution in [3.8, 4) is 33.4 Å². The number of anilines is 3. The van der Waals surface area contributed by atoms with Gasteiger partial charge < -0.3 is 4.90 Å². The average Bonchev–Trinajstić information content (AvgIpc) is 3.66. The fraction of sp³-hybridized carbons (Fsp3) is 0.208. The van der Waals surface area contributed by atoms with E-state index in [0.717, 1.165) is 17.1 Å². The molecular weight excluding hydrogens is 683 g/mol. The molecule has 55 heavy (non-hydrogen) atoms. The lowest BCUT2D eigenvalue weighted by Gasteiger charge is -2.31. The zero-order chi connectivity index (χ0) is 38.3. The van der Waals surface area contributed by atoms with E-state index in [9.17, 15) is 0 Å². The van der Waals surface area contributed by atoms with Crippen LogP contribution in [0.2, 0.25) is 0 Å². The highest BCUT2D eigenvalue weighted by atomic mass is 32.1. The molecule has 1 nitrogen and oxygen atoms in total. The van der Waals surface area contributed by atoms with E-state index in [1.165, 1.54) is 75.8 Å². The van der Waals surface area contributed by atoms with Crippen molar-refractivity contribution >= 4 is 48.6 Å². The third-order valence-electron chi connectivity index (χ3n) is 11.7. The Bertz CT molecular complexity index is 2750. The molecule has 0 N–H and O–H groups in total. The second-order valence-corrected chi connectivity index (χ2v) is 18.9. The number of para-hydroxylation sites is 1. The first-order valence-electron chi connectivity index (χ1n) is 19.6. The van der Waals surface area contributed by atoms with Crippen molar-refractivity contribution in [2.75, 3.05) is 4.90 Å². The molecule has 0 amide bonds. The van der Waals surface area contributed by atoms with Crippen molar-refractivity contribution < 1.29 is 0 Å². The standard InChI is InChI=1S/C53H49NS/c1-51(2,3)36-31-44(52(4,5)6)50-45(32-36)53(7,8)43-25-17-24-41(49(43)50)39-22-12-14-26-46(39)54(37-21-16-20-35(30-37)34-18-10-9-11-19-34)38-28-29-48-42(33-38)40-23-13-15-27-47(40)55-48/h9-33H,1-8H3. The van der Waals surface area contributed by atoms with Crippen LogP contribution in [0.4, 0.5) is 17.1 Å². The Morgan fingerprint density at radius 2 is 1.13 bits per heavy atom. The topological polar surface area (TPSA) is 3.24 Å². The van der Waals surface area contributed by atoms with Gasteiger partial charge in [0.1, 0.15) is 0 Å². The van der Waals surface area contributed by atoms with E-state index in [2.05, 4.69) is 212 Å². The third-order valence-corrected chi connectivity index (χ3v) is 12.9. The van der Waals surface area contributed by atoms with E-state index in [0.29, 0.717) is 0 Å². The molecule has 2 heteroatoms. The van der Waals surface area contributed by atoms with Gasteiger partial charge in [0.05, 0.1) is 5.69 Å². The Kier molecular flexibility index (Phi) is 8.22. The number of hydrogen-bond donors (Lipinski definition) is 0. The molecule has 0 spiro atoms. The minimum Gasteiger partial charge on any atom is -0.310 e. The zero-order valence-corrected chi connectivity index (χ0v) is 34.1. The summed E-state index contributed by atoms with van der Waals surface area (Å²) in [6, 6.07) is 56.7. The van der Waals surface area contributed by atoms with Gasteiger partial charge in [0.2, 0.25) is 0 Å². The first kappa shape index (κ1) is 35.3. The lowest BCUT2D eigenvalue weighted by molar-refractivity contribution is 0.564. The van der Waals surface area contributed by atoms with Gasteiger partial charge in [0.15, 0.2) is 0 Å². The van der Waals surface area contributed by atoms with E-state index in [1.807, 2.05) is 11.3 Å². The monoisotopic (exact) mass is 731 g/mol. The van der Waals surface area contributed by atoms with Gasteiger partial charge in [0, 0.05) is 42.5 Å². The Labute approximate surface area is 330 Å². The summed E-state index contributed by atoms with van der Waals surface area (Å²) in [5.74, 6) is 0. The minimum absolute atomic E-state index is 0.0407. The average molecular weight is 732 g/mol. The van der Waals surface area contributed by atoms with Crippen molar-refractivity contribution in [1.29, 1.82) is 0 Å². The minimum atomic E-state index is -0.147. The molecular formula is C53H49NS. The normalized spacial score (nSPS) is 13.6. The van der Waals surface area contributed by atoms with Crippen LogP contribution in [0.3, 0.4) is 0 Å². The highest BCUT2D eigenvalue weighted by Crippen LogP contribution is 2.57. The number of fused-ring (bicyclic) bond motifs is 6. The van der Waals surface area contributed by atoms with Crippen LogP contribution in [0.15, 0.2) is 152 Å². The lowest BCUT2D eigenvalue weighted by Crippen LogP contribution is -2.21. The summed E-state index contributed by atoms with van der Waals surface area (Å²) in [5, 5.41) is 2.60. The molecule has 1 heterocycles. The molecule has 0 saturated carbocycles. The Hall–Kier alpha value is -5.44. The molecule has 0 atom stereocenters. The van der Waals surface area contributed by atoms with Gasteiger partial charge in [-0.1, -0.05) is 165 Å². The van der Waals surface area contributed by atoms with Gasteiger partial charge in [-0.25, -0.2) is 0 Å². The highest BCUT2D eigenvalue weighted by Gasteiger charge is 2.41. The van der Waals surface area contributed by atoms with Crippen LogP contribution < -0.4 is 4.90 Å². The van der Waals surface area contributed by atoms with Crippen LogP contribution in [0, 0.1) is 0 Å². The van der Waals surface area contributed by atoms with Crippen LogP contribution in [0.1, 0.15) is 77.6 Å². The number of benzene rings is 7. The maximum atomic E-state index is 2.52. The van der Waals surface area contributed by atoms with Gasteiger partial charge in [-0.3, -0.25) is 0 Å². The number of hydrogen-bond acceptors (Lipinski definition) is 2. The van der Waals surface area contributed by atoms with Crippen molar-refractivity contribution in [2.24, 2.45) is 0 Å². The summed E-state index contributed by atoms with van der Waals surface area (Å²) < 4.78 is 2.62. The maximum absolute atomic E-state index is 2.52. The molecule has 1 aromatic heterocycles. The van der Waals surface area contributed by atoms with E-state index in [-0.39, 0.29) is 16.2 Å². The Morgan fingerprint density at radius 1 is 0.473 bits per heavy atom. The van der Waals surface area contributed by atoms with Crippen LogP contribution in [0.25, 0.3) is 53.6 Å². The molecule has 1 aliphatic rings. The molecule has 0 bridgehead atoms. The van der Waals surface area contributed by atoms with Crippen molar-refractivity contribution in [1.82, 2.24) is 0 Å². The van der Waals surface area contributed by atoms with Gasteiger partial charge in [-0.05, 0) is 103 Å². The van der Waals surface area contributed by atoms with E-state index < -0.39 is 0 Å². The summed E-state index contributed by atoms with van der Waals surface area (Å²) >= 11 is 1.87. The summed E-state index contributed by atoms with van der Waals surface area (Å²) in [5.41, 5.74) is 16.6. The SMILES string of the molecule is CC(C)(C)c1cc(C(C)(C)C)c2c(c1)C(C)(C)c1cccc(-c3ccccc3N(c3cccc(-c4ccccc4)c3)c3ccc4sc5ccccc5c4c3)c1-2. The molecule has 9 rings (SSSR count). The molecule has 0 fully saturated rings. The molecule has 7 aromatic carbocycles. The third kappa shape index (κ3) is 5.90. The number of nitrogens with zero attached hydrogens (tertiary/aromatic N) is 1. The van der Waals surface area contributed by atoms with E-state index >= 15 is 0 Å². The van der Waals surface area contributed by atoms with Crippen LogP contribution >= 0.6 is 11.3 Å². The summed E-state index contributed by atoms with van der Waals surface area (Å²) in [6.07, 6.45) is 0. The van der Waals surface area contributed by atoms with Gasteiger partial charge >= 0.3 is 0 Å². The number of thiophene rings is 1. The fourth-order valence-electron chi connectivity index (χ4n) is 8.77. The molecule has 0 radical (unpaired) electrons. The molecule has 8 aromatic rings. The van der Waals surface area contributed by atoms with Crippen LogP contribution in [0.5, 0.6) is 0 Å². The molecule has 0 aliphatic heterocycles. The maximum Gasteiger partial charge on any atom is 0.0540 e. The second-order valence-electron chi connectivity index (χ2n) is 17.8. The largest absolute Gasteiger partial charge is 0.310 e. The Morgan fingerprint density at radius 3 is 1.91 bits per heavy atom. The predicted molar refractivity (Wildman–Crippen MR) is 240 cm³/mol.